The number of carboxylic acids is 2. The first-order valence-electron chi connectivity index (χ1n) is 31.2. The molecular formula is C59H79N15O21S6. The molecule has 4 aliphatic heterocycles. The van der Waals surface area contributed by atoms with Gasteiger partial charge in [0.2, 0.25) is 82.7 Å². The molecule has 42 heteroatoms. The summed E-state index contributed by atoms with van der Waals surface area (Å²) in [6.07, 6.45) is -4.71. The summed E-state index contributed by atoms with van der Waals surface area (Å²) in [5.41, 5.74) is 12.6. The van der Waals surface area contributed by atoms with Crippen LogP contribution in [0.5, 0.6) is 11.5 Å². The second-order valence-electron chi connectivity index (χ2n) is 23.5. The molecule has 2 aromatic carbocycles. The van der Waals surface area contributed by atoms with Crippen LogP contribution in [-0.2, 0) is 89.6 Å². The molecule has 36 nitrogen and oxygen atoms in total. The van der Waals surface area contributed by atoms with Gasteiger partial charge >= 0.3 is 11.9 Å². The van der Waals surface area contributed by atoms with Gasteiger partial charge in [0, 0.05) is 60.3 Å². The molecule has 0 aliphatic carbocycles. The van der Waals surface area contributed by atoms with Gasteiger partial charge in [-0.25, -0.2) is 4.79 Å². The van der Waals surface area contributed by atoms with Gasteiger partial charge in [-0.15, -0.1) is 0 Å². The third-order valence-corrected chi connectivity index (χ3v) is 22.9. The molecule has 0 spiro atoms. The molecule has 4 saturated heterocycles. The molecule has 14 atom stereocenters. The van der Waals surface area contributed by atoms with Gasteiger partial charge in [-0.3, -0.25) is 71.9 Å². The van der Waals surface area contributed by atoms with Gasteiger partial charge in [-0.2, -0.15) is 0 Å². The van der Waals surface area contributed by atoms with E-state index in [0.29, 0.717) is 5.56 Å². The first-order valence-corrected chi connectivity index (χ1v) is 38.7. The van der Waals surface area contributed by atoms with Crippen molar-refractivity contribution in [2.24, 2.45) is 11.5 Å². The molecule has 21 N–H and O–H groups in total. The van der Waals surface area contributed by atoms with Crippen molar-refractivity contribution in [3.8, 4) is 11.5 Å². The van der Waals surface area contributed by atoms with Crippen molar-refractivity contribution < 1.29 is 102 Å². The Kier molecular flexibility index (Phi) is 32.1. The quantitative estimate of drug-likeness (QED) is 0.0656. The summed E-state index contributed by atoms with van der Waals surface area (Å²) in [5, 5.41) is 80.4. The number of aliphatic hydroxyl groups excluding tert-OH is 1. The molecule has 552 valence electrons. The first kappa shape index (κ1) is 81.5. The molecule has 0 aromatic heterocycles. The number of hydrogen-bond acceptors (Lipinski definition) is 26. The number of benzene rings is 2. The van der Waals surface area contributed by atoms with Crippen molar-refractivity contribution in [1.29, 1.82) is 0 Å². The lowest BCUT2D eigenvalue weighted by Gasteiger charge is -2.30. The Morgan fingerprint density at radius 3 is 1.61 bits per heavy atom. The second-order valence-corrected chi connectivity index (χ2v) is 31.1. The number of carbonyl (C=O) groups is 16. The number of fused-ring (bicyclic) bond motifs is 20. The van der Waals surface area contributed by atoms with Crippen LogP contribution in [0.1, 0.15) is 57.1 Å². The fourth-order valence-electron chi connectivity index (χ4n) is 10.0. The number of rotatable bonds is 13. The maximum Gasteiger partial charge on any atom is 0.326 e. The van der Waals surface area contributed by atoms with Crippen LogP contribution in [0, 0.1) is 0 Å². The van der Waals surface area contributed by atoms with Gasteiger partial charge in [0.1, 0.15) is 84.0 Å². The molecule has 101 heavy (non-hydrogen) atoms. The van der Waals surface area contributed by atoms with Crippen molar-refractivity contribution >= 4 is 159 Å². The summed E-state index contributed by atoms with van der Waals surface area (Å²) in [6, 6.07) is -11.7. The third-order valence-electron chi connectivity index (χ3n) is 15.6. The molecule has 4 bridgehead atoms. The Balaban J connectivity index is 1.56. The van der Waals surface area contributed by atoms with Crippen LogP contribution < -0.4 is 75.3 Å². The number of nitrogens with zero attached hydrogens (tertiary/aromatic N) is 1. The zero-order valence-electron chi connectivity index (χ0n) is 54.1. The molecule has 14 amide bonds. The van der Waals surface area contributed by atoms with Crippen LogP contribution in [0.25, 0.3) is 0 Å². The lowest BCUT2D eigenvalue weighted by atomic mass is 10.0. The topological polar surface area (TPSA) is 574 Å². The summed E-state index contributed by atoms with van der Waals surface area (Å²) >= 11 is 0. The van der Waals surface area contributed by atoms with E-state index < -0.39 is 240 Å². The zero-order valence-corrected chi connectivity index (χ0v) is 59.0. The second kappa shape index (κ2) is 39.7. The number of carboxylic acid groups (broad SMARTS) is 2. The molecular weight excluding hydrogens is 1450 g/mol. The monoisotopic (exact) mass is 1530 g/mol. The number of nitrogens with one attached hydrogen (secondary N) is 12. The fraction of sp³-hybridized carbons (Fsp3) is 0.525. The average molecular weight is 1530 g/mol. The lowest BCUT2D eigenvalue weighted by molar-refractivity contribution is -0.143. The molecule has 0 radical (unpaired) electrons. The Morgan fingerprint density at radius 1 is 0.574 bits per heavy atom. The van der Waals surface area contributed by atoms with Gasteiger partial charge in [0.25, 0.3) is 0 Å². The van der Waals surface area contributed by atoms with Gasteiger partial charge in [0.15, 0.2) is 0 Å². The van der Waals surface area contributed by atoms with Crippen molar-refractivity contribution in [2.75, 3.05) is 47.6 Å². The molecule has 1 unspecified atom stereocenters. The number of nitrogens with two attached hydrogens (primary N) is 2. The Bertz CT molecular complexity index is 3400. The van der Waals surface area contributed by atoms with Crippen molar-refractivity contribution in [2.45, 2.75) is 143 Å². The number of phenolic OH excluding ortho intramolecular Hbond substituents is 2. The van der Waals surface area contributed by atoms with Gasteiger partial charge < -0.3 is 106 Å². The van der Waals surface area contributed by atoms with Crippen LogP contribution in [0.4, 0.5) is 0 Å². The minimum atomic E-state index is -1.93. The zero-order chi connectivity index (χ0) is 74.2. The highest BCUT2D eigenvalue weighted by atomic mass is 33.1. The van der Waals surface area contributed by atoms with Crippen molar-refractivity contribution in [3.05, 3.63) is 59.7 Å². The molecule has 4 heterocycles. The molecule has 4 fully saturated rings. The van der Waals surface area contributed by atoms with E-state index in [9.17, 15) is 92.7 Å². The number of aliphatic hydroxyl groups is 1. The number of primary amides is 1. The Morgan fingerprint density at radius 2 is 1.06 bits per heavy atom. The number of hydrogen-bond donors (Lipinski definition) is 19. The molecule has 6 rings (SSSR count). The van der Waals surface area contributed by atoms with Gasteiger partial charge in [-0.1, -0.05) is 89.0 Å². The first-order chi connectivity index (χ1) is 47.9. The van der Waals surface area contributed by atoms with E-state index in [0.717, 1.165) is 76.6 Å². The number of aromatic hydroxyl groups is 2. The van der Waals surface area contributed by atoms with Crippen LogP contribution in [0.2, 0.25) is 0 Å². The van der Waals surface area contributed by atoms with Gasteiger partial charge in [-0.05, 0) is 68.5 Å². The number of phenols is 2. The number of aliphatic carboxylic acids is 2. The highest BCUT2D eigenvalue weighted by molar-refractivity contribution is 8.77. The predicted octanol–water partition coefficient (Wildman–Crippen LogP) is -5.94. The van der Waals surface area contributed by atoms with Crippen LogP contribution in [0.3, 0.4) is 0 Å². The van der Waals surface area contributed by atoms with E-state index in [4.69, 9.17) is 11.5 Å². The lowest BCUT2D eigenvalue weighted by Crippen LogP contribution is -2.61. The summed E-state index contributed by atoms with van der Waals surface area (Å²) in [4.78, 5) is 227. The predicted molar refractivity (Wildman–Crippen MR) is 371 cm³/mol. The van der Waals surface area contributed by atoms with E-state index in [1.54, 1.807) is 0 Å². The maximum atomic E-state index is 15.1. The Hall–Kier alpha value is -8.42. The highest BCUT2D eigenvalue weighted by Gasteiger charge is 2.42. The fourth-order valence-corrected chi connectivity index (χ4v) is 17.0. The largest absolute Gasteiger partial charge is 0.508 e. The smallest absolute Gasteiger partial charge is 0.326 e. The number of carbonyl (C=O) groups excluding carboxylic acids is 14. The molecule has 2 aromatic rings. The van der Waals surface area contributed by atoms with Crippen LogP contribution in [-0.4, -0.2) is 257 Å². The number of amides is 14. The minimum absolute atomic E-state index is 0.00937. The van der Waals surface area contributed by atoms with E-state index in [1.807, 2.05) is 0 Å². The third kappa shape index (κ3) is 25.9. The van der Waals surface area contributed by atoms with E-state index >= 15 is 9.59 Å². The van der Waals surface area contributed by atoms with E-state index in [2.05, 4.69) is 63.8 Å². The van der Waals surface area contributed by atoms with Crippen LogP contribution >= 0.6 is 64.8 Å². The SMILES string of the molecule is C[C@@H]1NC(=O)[C@@H]2CCCN2C(=O)[C@H](CC(N)=O)NC(=O)[C@@H]2CSSC[C@H](N)C(=O)N[C@H]3CSSC[C@H](NC1=O)C(=O)NC([C@@H](C)O)C(=O)NCC(=O)N[C@H](C(=O)N[C@@H](Cc1ccc(O)cc1)C(=O)O)CSSC[C@H](NC(=O)[C@H](Cc1ccc(O)cc1)NC(=O)[C@H](CCC(=O)O)NC3=O)C(=O)N2. The molecule has 4 aliphatic rings. The van der Waals surface area contributed by atoms with Crippen LogP contribution in [0.15, 0.2) is 48.5 Å². The van der Waals surface area contributed by atoms with Crippen molar-refractivity contribution in [3.63, 3.8) is 0 Å². The van der Waals surface area contributed by atoms with Crippen molar-refractivity contribution in [1.82, 2.24) is 68.7 Å². The highest BCUT2D eigenvalue weighted by Crippen LogP contribution is 2.28. The summed E-state index contributed by atoms with van der Waals surface area (Å²) in [6.45, 7) is 1.18. The normalized spacial score (nSPS) is 27.3. The maximum absolute atomic E-state index is 15.1. The van der Waals surface area contributed by atoms with E-state index in [1.165, 1.54) is 55.5 Å². The minimum Gasteiger partial charge on any atom is -0.508 e. The summed E-state index contributed by atoms with van der Waals surface area (Å²) in [5.74, 6) is -21.7. The van der Waals surface area contributed by atoms with E-state index in [-0.39, 0.29) is 48.6 Å². The molecule has 0 saturated carbocycles. The summed E-state index contributed by atoms with van der Waals surface area (Å²) < 4.78 is 0. The standard InChI is InChI=1S/C59H79N15O21S6/c1-26-47(82)69-41-25-101-99-22-38-52(87)65-33(13-14-45(80)81)49(84)66-34(16-28-5-9-30(76)10-6-28)50(85)71-40(54(89)72-39(23-97-96-20-32(60)48(83)70-38)53(88)67-35(18-43(61)78)58(93)74-15-3-4-42(74)56(91)63-26)24-100-98-21-37(64-44(79)19-62-57(92)46(27(2)75)73-55(41)90)51(86)68-36(59(94)95)17-29-7-11-31(77)12-8-29/h5-12,26-27,32-42,46,75-77H,3-4,13-25,60H2,1-2H3,(H2,61,78)(H,62,92)(H,63,91)(H,64,79)(H,65,87)(H,66,84)(H,67,88)(H,68,86)(H,69,82)(H,70,83)(H,71,85)(H,72,89)(H,73,90)(H,80,81)(H,94,95)/t26-,27+,32-,33-,34-,35-,36-,37-,38-,39-,40-,41-,42-,46?/m0/s1. The summed E-state index contributed by atoms with van der Waals surface area (Å²) in [7, 11) is 4.74. The Labute approximate surface area is 600 Å². The average Bonchev–Trinajstić information content (AvgIpc) is 1.75. The van der Waals surface area contributed by atoms with Gasteiger partial charge in [0.05, 0.1) is 25.1 Å².